The van der Waals surface area contributed by atoms with Gasteiger partial charge in [-0.1, -0.05) is 39.3 Å². The van der Waals surface area contributed by atoms with Gasteiger partial charge in [0.1, 0.15) is 0 Å². The highest BCUT2D eigenvalue weighted by atomic mass is 32.2. The summed E-state index contributed by atoms with van der Waals surface area (Å²) >= 11 is 2.03. The van der Waals surface area contributed by atoms with Gasteiger partial charge in [0.05, 0.1) is 0 Å². The van der Waals surface area contributed by atoms with Gasteiger partial charge in [-0.05, 0) is 29.2 Å². The van der Waals surface area contributed by atoms with Crippen molar-refractivity contribution in [1.29, 1.82) is 0 Å². The number of hydrogen-bond acceptors (Lipinski definition) is 1. The molecule has 0 aromatic carbocycles. The van der Waals surface area contributed by atoms with Crippen molar-refractivity contribution in [2.45, 2.75) is 34.6 Å². The molecule has 0 bridgehead atoms. The van der Waals surface area contributed by atoms with E-state index in [2.05, 4.69) is 40.7 Å². The van der Waals surface area contributed by atoms with Crippen molar-refractivity contribution in [1.82, 2.24) is 0 Å². The van der Waals surface area contributed by atoms with Gasteiger partial charge in [0.25, 0.3) is 0 Å². The van der Waals surface area contributed by atoms with Crippen molar-refractivity contribution < 1.29 is 0 Å². The Morgan fingerprint density at radius 3 is 2.23 bits per heavy atom. The second-order valence-corrected chi connectivity index (χ2v) is 5.43. The van der Waals surface area contributed by atoms with E-state index in [4.69, 9.17) is 0 Å². The zero-order valence-electron chi connectivity index (χ0n) is 9.35. The van der Waals surface area contributed by atoms with Gasteiger partial charge in [-0.2, -0.15) is 0 Å². The Balaban J connectivity index is 3.01. The lowest BCUT2D eigenvalue weighted by molar-refractivity contribution is 0.736. The first-order valence-electron chi connectivity index (χ1n) is 5.06. The fourth-order valence-electron chi connectivity index (χ4n) is 1.60. The van der Waals surface area contributed by atoms with Crippen molar-refractivity contribution in [2.75, 3.05) is 5.75 Å². The third kappa shape index (κ3) is 2.63. The predicted molar refractivity (Wildman–Crippen MR) is 62.9 cm³/mol. The van der Waals surface area contributed by atoms with Gasteiger partial charge in [0.15, 0.2) is 0 Å². The van der Waals surface area contributed by atoms with Gasteiger partial charge in [0.2, 0.25) is 0 Å². The lowest BCUT2D eigenvalue weighted by atomic mass is 9.96. The first-order valence-corrected chi connectivity index (χ1v) is 6.05. The molecule has 0 saturated carbocycles. The summed E-state index contributed by atoms with van der Waals surface area (Å²) in [7, 11) is 0. The van der Waals surface area contributed by atoms with E-state index in [9.17, 15) is 0 Å². The highest BCUT2D eigenvalue weighted by molar-refractivity contribution is 8.03. The Hall–Kier alpha value is -0.170. The van der Waals surface area contributed by atoms with Crippen LogP contribution in [0.1, 0.15) is 34.6 Å². The minimum atomic E-state index is 0.667. The van der Waals surface area contributed by atoms with E-state index in [1.165, 1.54) is 11.3 Å². The summed E-state index contributed by atoms with van der Waals surface area (Å²) in [5.74, 6) is 2.54. The van der Waals surface area contributed by atoms with Gasteiger partial charge in [0, 0.05) is 5.75 Å². The highest BCUT2D eigenvalue weighted by Crippen LogP contribution is 2.36. The molecule has 0 unspecified atom stereocenters. The summed E-state index contributed by atoms with van der Waals surface area (Å²) < 4.78 is 0. The maximum absolute atomic E-state index is 2.39. The largest absolute Gasteiger partial charge is 0.126 e. The maximum Gasteiger partial charge on any atom is 0.0188 e. The Morgan fingerprint density at radius 2 is 1.77 bits per heavy atom. The SMILES string of the molecule is CC1=CC(C(C)C)=C(C(C)C)SC1. The molecule has 1 aliphatic rings. The third-order valence-corrected chi connectivity index (χ3v) is 3.91. The molecule has 13 heavy (non-hydrogen) atoms. The van der Waals surface area contributed by atoms with E-state index >= 15 is 0 Å². The average molecular weight is 196 g/mol. The second-order valence-electron chi connectivity index (χ2n) is 4.41. The molecule has 1 aliphatic heterocycles. The monoisotopic (exact) mass is 196 g/mol. The Kier molecular flexibility index (Phi) is 3.66. The molecule has 0 aromatic heterocycles. The van der Waals surface area contributed by atoms with E-state index in [-0.39, 0.29) is 0 Å². The van der Waals surface area contributed by atoms with Crippen LogP contribution >= 0.6 is 11.8 Å². The fourth-order valence-corrected chi connectivity index (χ4v) is 2.87. The molecule has 0 radical (unpaired) electrons. The summed E-state index contributed by atoms with van der Waals surface area (Å²) in [6.45, 7) is 11.4. The van der Waals surface area contributed by atoms with Crippen LogP contribution in [-0.4, -0.2) is 5.75 Å². The van der Waals surface area contributed by atoms with Crippen molar-refractivity contribution in [3.8, 4) is 0 Å². The fraction of sp³-hybridized carbons (Fsp3) is 0.667. The van der Waals surface area contributed by atoms with Gasteiger partial charge in [-0.15, -0.1) is 11.8 Å². The summed E-state index contributed by atoms with van der Waals surface area (Å²) in [6.07, 6.45) is 2.39. The minimum absolute atomic E-state index is 0.667. The van der Waals surface area contributed by atoms with Crippen molar-refractivity contribution in [3.05, 3.63) is 22.1 Å². The molecular weight excluding hydrogens is 176 g/mol. The molecule has 1 rings (SSSR count). The van der Waals surface area contributed by atoms with Gasteiger partial charge >= 0.3 is 0 Å². The molecule has 0 nitrogen and oxygen atoms in total. The van der Waals surface area contributed by atoms with Crippen LogP contribution in [0.4, 0.5) is 0 Å². The predicted octanol–water partition coefficient (Wildman–Crippen LogP) is 4.25. The number of hydrogen-bond donors (Lipinski definition) is 0. The summed E-state index contributed by atoms with van der Waals surface area (Å²) in [5, 5.41) is 0. The molecule has 0 aromatic rings. The number of thioether (sulfide) groups is 1. The van der Waals surface area contributed by atoms with E-state index in [1.807, 2.05) is 11.8 Å². The quantitative estimate of drug-likeness (QED) is 0.636. The molecule has 0 saturated heterocycles. The van der Waals surface area contributed by atoms with Gasteiger partial charge < -0.3 is 0 Å². The summed E-state index contributed by atoms with van der Waals surface area (Å²) in [5.41, 5.74) is 3.07. The van der Waals surface area contributed by atoms with Crippen LogP contribution in [0.3, 0.4) is 0 Å². The number of rotatable bonds is 2. The number of allylic oxidation sites excluding steroid dienone is 3. The van der Waals surface area contributed by atoms with Crippen LogP contribution in [0.5, 0.6) is 0 Å². The molecular formula is C12H20S. The molecule has 0 amide bonds. The Labute approximate surface area is 86.5 Å². The highest BCUT2D eigenvalue weighted by Gasteiger charge is 2.16. The van der Waals surface area contributed by atoms with Crippen LogP contribution < -0.4 is 0 Å². The molecule has 0 aliphatic carbocycles. The smallest absolute Gasteiger partial charge is 0.0188 e. The summed E-state index contributed by atoms with van der Waals surface area (Å²) in [6, 6.07) is 0. The van der Waals surface area contributed by atoms with E-state index < -0.39 is 0 Å². The Morgan fingerprint density at radius 1 is 1.15 bits per heavy atom. The van der Waals surface area contributed by atoms with Crippen LogP contribution in [0.2, 0.25) is 0 Å². The third-order valence-electron chi connectivity index (χ3n) is 2.29. The van der Waals surface area contributed by atoms with E-state index in [1.54, 1.807) is 10.5 Å². The summed E-state index contributed by atoms with van der Waals surface area (Å²) in [4.78, 5) is 1.60. The maximum atomic E-state index is 2.39. The van der Waals surface area contributed by atoms with Gasteiger partial charge in [-0.25, -0.2) is 0 Å². The van der Waals surface area contributed by atoms with Gasteiger partial charge in [-0.3, -0.25) is 0 Å². The topological polar surface area (TPSA) is 0 Å². The van der Waals surface area contributed by atoms with Crippen LogP contribution in [0.25, 0.3) is 0 Å². The van der Waals surface area contributed by atoms with E-state index in [0.29, 0.717) is 11.8 Å². The molecule has 1 heteroatoms. The molecule has 0 atom stereocenters. The first-order chi connectivity index (χ1) is 6.02. The van der Waals surface area contributed by atoms with E-state index in [0.717, 1.165) is 0 Å². The zero-order valence-corrected chi connectivity index (χ0v) is 10.2. The zero-order chi connectivity index (χ0) is 10.0. The first kappa shape index (κ1) is 10.9. The van der Waals surface area contributed by atoms with Crippen molar-refractivity contribution >= 4 is 11.8 Å². The normalized spacial score (nSPS) is 18.5. The van der Waals surface area contributed by atoms with Crippen molar-refractivity contribution in [2.24, 2.45) is 11.8 Å². The standard InChI is InChI=1S/C12H20S/c1-8(2)11-6-10(5)7-13-12(11)9(3)4/h6,8-9H,7H2,1-5H3. The lowest BCUT2D eigenvalue weighted by Gasteiger charge is -2.23. The van der Waals surface area contributed by atoms with Crippen molar-refractivity contribution in [3.63, 3.8) is 0 Å². The van der Waals surface area contributed by atoms with Crippen LogP contribution in [-0.2, 0) is 0 Å². The Bertz CT molecular complexity index is 244. The minimum Gasteiger partial charge on any atom is -0.126 e. The molecule has 1 heterocycles. The van der Waals surface area contributed by atoms with Crippen LogP contribution in [0, 0.1) is 11.8 Å². The lowest BCUT2D eigenvalue weighted by Crippen LogP contribution is -2.06. The molecule has 0 spiro atoms. The molecule has 74 valence electrons. The van der Waals surface area contributed by atoms with Crippen LogP contribution in [0.15, 0.2) is 22.1 Å². The second kappa shape index (κ2) is 4.36. The average Bonchev–Trinajstić information content (AvgIpc) is 2.03. The molecule has 0 fully saturated rings. The molecule has 0 N–H and O–H groups in total.